The number of piperidine rings is 1. The van der Waals surface area contributed by atoms with Gasteiger partial charge in [0.1, 0.15) is 0 Å². The van der Waals surface area contributed by atoms with Gasteiger partial charge in [-0.1, -0.05) is 12.1 Å². The van der Waals surface area contributed by atoms with Crippen molar-refractivity contribution in [2.45, 2.75) is 25.2 Å². The number of hydrogen-bond donors (Lipinski definition) is 1. The summed E-state index contributed by atoms with van der Waals surface area (Å²) in [5.41, 5.74) is 7.45. The molecule has 1 fully saturated rings. The van der Waals surface area contributed by atoms with Crippen molar-refractivity contribution in [1.29, 1.82) is 0 Å². The highest BCUT2D eigenvalue weighted by Gasteiger charge is 2.26. The zero-order valence-electron chi connectivity index (χ0n) is 14.5. The van der Waals surface area contributed by atoms with Crippen molar-refractivity contribution < 1.29 is 9.72 Å². The Bertz CT molecular complexity index is 773. The molecule has 1 aromatic carbocycles. The first-order valence-electron chi connectivity index (χ1n) is 8.73. The van der Waals surface area contributed by atoms with Crippen LogP contribution >= 0.6 is 0 Å². The van der Waals surface area contributed by atoms with E-state index < -0.39 is 0 Å². The van der Waals surface area contributed by atoms with E-state index in [1.807, 2.05) is 18.2 Å². The lowest BCUT2D eigenvalue weighted by molar-refractivity contribution is -0.384. The lowest BCUT2D eigenvalue weighted by atomic mass is 9.84. The summed E-state index contributed by atoms with van der Waals surface area (Å²) < 4.78 is 0. The highest BCUT2D eigenvalue weighted by Crippen LogP contribution is 2.32. The average Bonchev–Trinajstić information content (AvgIpc) is 2.67. The number of pyridine rings is 1. The zero-order chi connectivity index (χ0) is 18.5. The molecule has 2 heterocycles. The minimum Gasteiger partial charge on any atom is -0.371 e. The maximum atomic E-state index is 11.9. The molecular weight excluding hydrogens is 332 g/mol. The van der Waals surface area contributed by atoms with Crippen molar-refractivity contribution >= 4 is 17.3 Å². The Morgan fingerprint density at radius 2 is 2.08 bits per heavy atom. The standard InChI is InChI=1S/C19H22N4O3/c20-19(24)18(15-3-2-8-21-13-15)11-14-6-9-22(10-7-14)16-4-1-5-17(12-16)23(25)26/h1-5,8,12-14,18H,6-7,9-11H2,(H2,20,24). The molecule has 3 rings (SSSR count). The number of nitrogens with two attached hydrogens (primary N) is 1. The molecule has 0 spiro atoms. The van der Waals surface area contributed by atoms with Crippen molar-refractivity contribution in [3.8, 4) is 0 Å². The highest BCUT2D eigenvalue weighted by molar-refractivity contribution is 5.81. The molecule has 2 N–H and O–H groups in total. The van der Waals surface area contributed by atoms with E-state index in [-0.39, 0.29) is 22.4 Å². The Labute approximate surface area is 152 Å². The number of benzene rings is 1. The molecule has 136 valence electrons. The number of nitrogens with zero attached hydrogens (tertiary/aromatic N) is 3. The van der Waals surface area contributed by atoms with E-state index in [9.17, 15) is 14.9 Å². The summed E-state index contributed by atoms with van der Waals surface area (Å²) in [6.45, 7) is 1.62. The molecule has 1 aromatic heterocycles. The Balaban J connectivity index is 1.62. The van der Waals surface area contributed by atoms with Crippen LogP contribution in [0.25, 0.3) is 0 Å². The topological polar surface area (TPSA) is 102 Å². The van der Waals surface area contributed by atoms with Crippen molar-refractivity contribution in [3.63, 3.8) is 0 Å². The molecule has 1 amide bonds. The van der Waals surface area contributed by atoms with E-state index in [4.69, 9.17) is 5.73 Å². The molecule has 1 unspecified atom stereocenters. The molecule has 0 radical (unpaired) electrons. The molecule has 2 aromatic rings. The van der Waals surface area contributed by atoms with Gasteiger partial charge in [-0.2, -0.15) is 0 Å². The van der Waals surface area contributed by atoms with Crippen LogP contribution in [0.3, 0.4) is 0 Å². The third-order valence-corrected chi connectivity index (χ3v) is 5.02. The van der Waals surface area contributed by atoms with E-state index in [1.54, 1.807) is 24.5 Å². The first-order valence-corrected chi connectivity index (χ1v) is 8.73. The van der Waals surface area contributed by atoms with Gasteiger partial charge in [-0.3, -0.25) is 19.9 Å². The van der Waals surface area contributed by atoms with Crippen LogP contribution in [0, 0.1) is 16.0 Å². The molecular formula is C19H22N4O3. The van der Waals surface area contributed by atoms with E-state index in [0.29, 0.717) is 12.3 Å². The average molecular weight is 354 g/mol. The Hall–Kier alpha value is -2.96. The highest BCUT2D eigenvalue weighted by atomic mass is 16.6. The van der Waals surface area contributed by atoms with Crippen LogP contribution in [0.4, 0.5) is 11.4 Å². The van der Waals surface area contributed by atoms with Crippen molar-refractivity contribution in [1.82, 2.24) is 4.98 Å². The van der Waals surface area contributed by atoms with E-state index in [0.717, 1.165) is 37.2 Å². The van der Waals surface area contributed by atoms with Gasteiger partial charge in [0.05, 0.1) is 10.8 Å². The van der Waals surface area contributed by atoms with Crippen LogP contribution in [0.15, 0.2) is 48.8 Å². The first kappa shape index (κ1) is 17.8. The second-order valence-electron chi connectivity index (χ2n) is 6.68. The van der Waals surface area contributed by atoms with E-state index in [2.05, 4.69) is 9.88 Å². The van der Waals surface area contributed by atoms with Crippen LogP contribution in [0.1, 0.15) is 30.7 Å². The van der Waals surface area contributed by atoms with Crippen LogP contribution in [0.5, 0.6) is 0 Å². The largest absolute Gasteiger partial charge is 0.371 e. The van der Waals surface area contributed by atoms with Gasteiger partial charge in [-0.15, -0.1) is 0 Å². The molecule has 1 saturated heterocycles. The number of carbonyl (C=O) groups excluding carboxylic acids is 1. The number of carbonyl (C=O) groups is 1. The summed E-state index contributed by atoms with van der Waals surface area (Å²) in [5, 5.41) is 10.9. The maximum Gasteiger partial charge on any atom is 0.271 e. The number of nitro groups is 1. The summed E-state index contributed by atoms with van der Waals surface area (Å²) in [4.78, 5) is 28.7. The molecule has 7 nitrogen and oxygen atoms in total. The number of aromatic nitrogens is 1. The Kier molecular flexibility index (Phi) is 5.46. The Morgan fingerprint density at radius 1 is 1.31 bits per heavy atom. The van der Waals surface area contributed by atoms with Crippen LogP contribution < -0.4 is 10.6 Å². The predicted octanol–water partition coefficient (Wildman–Crippen LogP) is 2.87. The third-order valence-electron chi connectivity index (χ3n) is 5.02. The minimum atomic E-state index is -0.373. The summed E-state index contributed by atoms with van der Waals surface area (Å²) in [6, 6.07) is 10.4. The number of nitro benzene ring substituents is 1. The fraction of sp³-hybridized carbons (Fsp3) is 0.368. The van der Waals surface area contributed by atoms with E-state index >= 15 is 0 Å². The zero-order valence-corrected chi connectivity index (χ0v) is 14.5. The second-order valence-corrected chi connectivity index (χ2v) is 6.68. The van der Waals surface area contributed by atoms with Crippen LogP contribution in [0.2, 0.25) is 0 Å². The van der Waals surface area contributed by atoms with Gasteiger partial charge in [0.25, 0.3) is 5.69 Å². The molecule has 26 heavy (non-hydrogen) atoms. The lowest BCUT2D eigenvalue weighted by Crippen LogP contribution is -2.35. The van der Waals surface area contributed by atoms with Gasteiger partial charge in [0, 0.05) is 43.3 Å². The molecule has 1 aliphatic heterocycles. The minimum absolute atomic E-state index is 0.106. The molecule has 1 atom stereocenters. The van der Waals surface area contributed by atoms with Crippen molar-refractivity contribution in [2.75, 3.05) is 18.0 Å². The van der Waals surface area contributed by atoms with Crippen molar-refractivity contribution in [3.05, 3.63) is 64.5 Å². The van der Waals surface area contributed by atoms with Gasteiger partial charge in [-0.25, -0.2) is 0 Å². The second kappa shape index (κ2) is 7.95. The molecule has 0 bridgehead atoms. The van der Waals surface area contributed by atoms with Gasteiger partial charge in [0.2, 0.25) is 5.91 Å². The lowest BCUT2D eigenvalue weighted by Gasteiger charge is -2.34. The summed E-state index contributed by atoms with van der Waals surface area (Å²) >= 11 is 0. The number of amides is 1. The maximum absolute atomic E-state index is 11.9. The number of hydrogen-bond acceptors (Lipinski definition) is 5. The van der Waals surface area contributed by atoms with Gasteiger partial charge < -0.3 is 10.6 Å². The fourth-order valence-corrected chi connectivity index (χ4v) is 3.56. The summed E-state index contributed by atoms with van der Waals surface area (Å²) in [5.74, 6) is -0.250. The SMILES string of the molecule is NC(=O)C(CC1CCN(c2cccc([N+](=O)[O-])c2)CC1)c1cccnc1. The fourth-order valence-electron chi connectivity index (χ4n) is 3.56. The molecule has 0 aliphatic carbocycles. The van der Waals surface area contributed by atoms with Crippen molar-refractivity contribution in [2.24, 2.45) is 11.7 Å². The third kappa shape index (κ3) is 4.17. The van der Waals surface area contributed by atoms with Gasteiger partial charge in [0.15, 0.2) is 0 Å². The summed E-state index contributed by atoms with van der Waals surface area (Å²) in [7, 11) is 0. The Morgan fingerprint density at radius 3 is 2.69 bits per heavy atom. The molecule has 7 heteroatoms. The smallest absolute Gasteiger partial charge is 0.271 e. The van der Waals surface area contributed by atoms with E-state index in [1.165, 1.54) is 6.07 Å². The first-order chi connectivity index (χ1) is 12.5. The number of primary amides is 1. The molecule has 1 aliphatic rings. The summed E-state index contributed by atoms with van der Waals surface area (Å²) in [6.07, 6.45) is 5.94. The number of non-ortho nitro benzene ring substituents is 1. The monoisotopic (exact) mass is 354 g/mol. The van der Waals surface area contributed by atoms with Crippen LogP contribution in [-0.2, 0) is 4.79 Å². The number of anilines is 1. The van der Waals surface area contributed by atoms with Gasteiger partial charge in [-0.05, 0) is 42.9 Å². The van der Waals surface area contributed by atoms with Gasteiger partial charge >= 0.3 is 0 Å². The number of rotatable bonds is 6. The predicted molar refractivity (Wildman–Crippen MR) is 98.8 cm³/mol. The quantitative estimate of drug-likeness (QED) is 0.635. The molecule has 0 saturated carbocycles. The van der Waals surface area contributed by atoms with Crippen LogP contribution in [-0.4, -0.2) is 28.9 Å². The normalized spacial score (nSPS) is 16.2.